The lowest BCUT2D eigenvalue weighted by Gasteiger charge is -2.21. The van der Waals surface area contributed by atoms with Crippen molar-refractivity contribution in [1.29, 1.82) is 0 Å². The molecule has 1 saturated carbocycles. The third-order valence-corrected chi connectivity index (χ3v) is 4.11. The van der Waals surface area contributed by atoms with Crippen molar-refractivity contribution in [2.24, 2.45) is 5.92 Å². The maximum absolute atomic E-state index is 12.2. The molecular formula is C16H22N2O. The van der Waals surface area contributed by atoms with Crippen LogP contribution < -0.4 is 5.32 Å². The van der Waals surface area contributed by atoms with Gasteiger partial charge in [-0.2, -0.15) is 0 Å². The molecule has 2 aliphatic rings. The van der Waals surface area contributed by atoms with Crippen LogP contribution in [-0.2, 0) is 17.8 Å². The van der Waals surface area contributed by atoms with Crippen molar-refractivity contribution >= 4 is 5.91 Å². The second kappa shape index (κ2) is 5.74. The van der Waals surface area contributed by atoms with Gasteiger partial charge in [-0.1, -0.05) is 24.3 Å². The van der Waals surface area contributed by atoms with E-state index in [4.69, 9.17) is 0 Å². The fraction of sp³-hybridized carbons (Fsp3) is 0.562. The SMILES string of the molecule is O=C(CNCC1CC1)N1CCCc2ccccc2C1. The van der Waals surface area contributed by atoms with E-state index >= 15 is 0 Å². The number of nitrogens with zero attached hydrogens (tertiary/aromatic N) is 1. The largest absolute Gasteiger partial charge is 0.337 e. The smallest absolute Gasteiger partial charge is 0.236 e. The Bertz CT molecular complexity index is 454. The Morgan fingerprint density at radius 3 is 2.84 bits per heavy atom. The van der Waals surface area contributed by atoms with Gasteiger partial charge in [0.05, 0.1) is 6.54 Å². The summed E-state index contributed by atoms with van der Waals surface area (Å²) in [5.41, 5.74) is 2.72. The van der Waals surface area contributed by atoms with Gasteiger partial charge in [0.15, 0.2) is 0 Å². The van der Waals surface area contributed by atoms with E-state index in [0.29, 0.717) is 6.54 Å². The van der Waals surface area contributed by atoms with Crippen LogP contribution >= 0.6 is 0 Å². The highest BCUT2D eigenvalue weighted by molar-refractivity contribution is 5.78. The minimum absolute atomic E-state index is 0.248. The minimum atomic E-state index is 0.248. The summed E-state index contributed by atoms with van der Waals surface area (Å²) < 4.78 is 0. The van der Waals surface area contributed by atoms with E-state index in [9.17, 15) is 4.79 Å². The quantitative estimate of drug-likeness (QED) is 0.895. The molecule has 3 rings (SSSR count). The summed E-state index contributed by atoms with van der Waals surface area (Å²) in [5.74, 6) is 1.08. The molecule has 0 aromatic heterocycles. The molecule has 1 aromatic carbocycles. The molecule has 1 N–H and O–H groups in total. The van der Waals surface area contributed by atoms with E-state index in [2.05, 4.69) is 29.6 Å². The molecule has 1 aromatic rings. The van der Waals surface area contributed by atoms with Gasteiger partial charge in [-0.05, 0) is 49.3 Å². The van der Waals surface area contributed by atoms with Crippen molar-refractivity contribution in [3.8, 4) is 0 Å². The van der Waals surface area contributed by atoms with Crippen LogP contribution in [0.5, 0.6) is 0 Å². The molecule has 0 saturated heterocycles. The number of carbonyl (C=O) groups is 1. The van der Waals surface area contributed by atoms with E-state index in [-0.39, 0.29) is 5.91 Å². The Labute approximate surface area is 115 Å². The lowest BCUT2D eigenvalue weighted by molar-refractivity contribution is -0.130. The number of nitrogens with one attached hydrogen (secondary N) is 1. The van der Waals surface area contributed by atoms with E-state index in [0.717, 1.165) is 38.4 Å². The fourth-order valence-electron chi connectivity index (χ4n) is 2.73. The molecule has 3 heteroatoms. The van der Waals surface area contributed by atoms with Crippen molar-refractivity contribution in [3.05, 3.63) is 35.4 Å². The molecule has 1 amide bonds. The van der Waals surface area contributed by atoms with Crippen LogP contribution in [-0.4, -0.2) is 30.4 Å². The Hall–Kier alpha value is -1.35. The van der Waals surface area contributed by atoms with Gasteiger partial charge in [0.2, 0.25) is 5.91 Å². The number of fused-ring (bicyclic) bond motifs is 1. The summed E-state index contributed by atoms with van der Waals surface area (Å²) in [6.45, 7) is 3.17. The topological polar surface area (TPSA) is 32.3 Å². The van der Waals surface area contributed by atoms with Gasteiger partial charge in [-0.25, -0.2) is 0 Å². The number of hydrogen-bond acceptors (Lipinski definition) is 2. The Morgan fingerprint density at radius 2 is 2.05 bits per heavy atom. The normalized spacial score (nSPS) is 18.8. The lowest BCUT2D eigenvalue weighted by atomic mass is 10.0. The molecule has 0 radical (unpaired) electrons. The second-order valence-corrected chi connectivity index (χ2v) is 5.76. The first-order valence-corrected chi connectivity index (χ1v) is 7.38. The van der Waals surface area contributed by atoms with Crippen LogP contribution in [0.3, 0.4) is 0 Å². The Morgan fingerprint density at radius 1 is 1.26 bits per heavy atom. The van der Waals surface area contributed by atoms with Gasteiger partial charge < -0.3 is 10.2 Å². The molecule has 0 bridgehead atoms. The van der Waals surface area contributed by atoms with Gasteiger partial charge in [0.25, 0.3) is 0 Å². The molecule has 19 heavy (non-hydrogen) atoms. The zero-order chi connectivity index (χ0) is 13.1. The maximum Gasteiger partial charge on any atom is 0.236 e. The predicted octanol–water partition coefficient (Wildman–Crippen LogP) is 1.96. The highest BCUT2D eigenvalue weighted by atomic mass is 16.2. The molecule has 0 atom stereocenters. The molecule has 1 aliphatic heterocycles. The molecule has 0 spiro atoms. The summed E-state index contributed by atoms with van der Waals surface area (Å²) in [5, 5.41) is 3.30. The van der Waals surface area contributed by atoms with Crippen molar-refractivity contribution in [3.63, 3.8) is 0 Å². The third-order valence-electron chi connectivity index (χ3n) is 4.11. The van der Waals surface area contributed by atoms with Crippen LogP contribution in [0.2, 0.25) is 0 Å². The zero-order valence-corrected chi connectivity index (χ0v) is 11.4. The van der Waals surface area contributed by atoms with Crippen LogP contribution in [0.15, 0.2) is 24.3 Å². The van der Waals surface area contributed by atoms with Gasteiger partial charge >= 0.3 is 0 Å². The summed E-state index contributed by atoms with van der Waals surface area (Å²) in [7, 11) is 0. The standard InChI is InChI=1S/C16H22N2O/c19-16(11-17-10-13-7-8-13)18-9-3-6-14-4-1-2-5-15(14)12-18/h1-2,4-5,13,17H,3,6-12H2. The summed E-state index contributed by atoms with van der Waals surface area (Å²) in [6.07, 6.45) is 4.83. The van der Waals surface area contributed by atoms with Gasteiger partial charge in [-0.15, -0.1) is 0 Å². The summed E-state index contributed by atoms with van der Waals surface area (Å²) in [6, 6.07) is 8.50. The molecule has 1 heterocycles. The van der Waals surface area contributed by atoms with Crippen molar-refractivity contribution in [1.82, 2.24) is 10.2 Å². The average molecular weight is 258 g/mol. The van der Waals surface area contributed by atoms with Crippen LogP contribution in [0.4, 0.5) is 0 Å². The Balaban J connectivity index is 1.56. The van der Waals surface area contributed by atoms with Crippen LogP contribution in [0.25, 0.3) is 0 Å². The average Bonchev–Trinajstić information content (AvgIpc) is 3.23. The first-order valence-electron chi connectivity index (χ1n) is 7.38. The predicted molar refractivity (Wildman–Crippen MR) is 75.8 cm³/mol. The number of hydrogen-bond donors (Lipinski definition) is 1. The zero-order valence-electron chi connectivity index (χ0n) is 11.4. The van der Waals surface area contributed by atoms with Crippen molar-refractivity contribution in [2.75, 3.05) is 19.6 Å². The number of carbonyl (C=O) groups excluding carboxylic acids is 1. The Kier molecular flexibility index (Phi) is 3.83. The number of aryl methyl sites for hydroxylation is 1. The highest BCUT2D eigenvalue weighted by Gasteiger charge is 2.22. The van der Waals surface area contributed by atoms with Gasteiger partial charge in [0.1, 0.15) is 0 Å². The van der Waals surface area contributed by atoms with E-state index in [1.54, 1.807) is 0 Å². The summed E-state index contributed by atoms with van der Waals surface area (Å²) in [4.78, 5) is 14.2. The fourth-order valence-corrected chi connectivity index (χ4v) is 2.73. The van der Waals surface area contributed by atoms with Crippen LogP contribution in [0.1, 0.15) is 30.4 Å². The first-order chi connectivity index (χ1) is 9.33. The van der Waals surface area contributed by atoms with E-state index in [1.165, 1.54) is 24.0 Å². The molecule has 1 fully saturated rings. The third kappa shape index (κ3) is 3.35. The minimum Gasteiger partial charge on any atom is -0.337 e. The molecule has 102 valence electrons. The van der Waals surface area contributed by atoms with Crippen molar-refractivity contribution in [2.45, 2.75) is 32.2 Å². The van der Waals surface area contributed by atoms with E-state index in [1.807, 2.05) is 4.90 Å². The molecule has 3 nitrogen and oxygen atoms in total. The second-order valence-electron chi connectivity index (χ2n) is 5.76. The maximum atomic E-state index is 12.2. The van der Waals surface area contributed by atoms with E-state index < -0.39 is 0 Å². The molecule has 1 aliphatic carbocycles. The molecule has 0 unspecified atom stereocenters. The van der Waals surface area contributed by atoms with Gasteiger partial charge in [0, 0.05) is 13.1 Å². The monoisotopic (exact) mass is 258 g/mol. The van der Waals surface area contributed by atoms with Gasteiger partial charge in [-0.3, -0.25) is 4.79 Å². The molecular weight excluding hydrogens is 236 g/mol. The summed E-state index contributed by atoms with van der Waals surface area (Å²) >= 11 is 0. The highest BCUT2D eigenvalue weighted by Crippen LogP contribution is 2.27. The first kappa shape index (κ1) is 12.7. The van der Waals surface area contributed by atoms with Crippen molar-refractivity contribution < 1.29 is 4.79 Å². The number of amides is 1. The number of benzene rings is 1. The lowest BCUT2D eigenvalue weighted by Crippen LogP contribution is -2.38. The van der Waals surface area contributed by atoms with Crippen LogP contribution in [0, 0.1) is 5.92 Å². The number of rotatable bonds is 4.